The number of nitrogens with one attached hydrogen (secondary N) is 1. The predicted molar refractivity (Wildman–Crippen MR) is 114 cm³/mol. The minimum atomic E-state index is -4.82. The van der Waals surface area contributed by atoms with Crippen LogP contribution in [0.25, 0.3) is 0 Å². The van der Waals surface area contributed by atoms with Gasteiger partial charge in [-0.2, -0.15) is 26.3 Å². The number of hydrogen-bond donors (Lipinski definition) is 3. The van der Waals surface area contributed by atoms with E-state index in [1.807, 2.05) is 0 Å². The van der Waals surface area contributed by atoms with E-state index in [4.69, 9.17) is 4.74 Å². The first kappa shape index (κ1) is 32.8. The molecule has 0 bridgehead atoms. The minimum absolute atomic E-state index is 0.219. The molecule has 0 rings (SSSR count). The number of ether oxygens (including phenoxy) is 1. The van der Waals surface area contributed by atoms with E-state index >= 15 is 0 Å². The summed E-state index contributed by atoms with van der Waals surface area (Å²) in [5.41, 5.74) is -9.24. The molecule has 0 aliphatic carbocycles. The maximum Gasteiger partial charge on any atom is 0.425 e. The Morgan fingerprint density at radius 2 is 1.03 bits per heavy atom. The fourth-order valence-corrected chi connectivity index (χ4v) is 2.87. The lowest BCUT2D eigenvalue weighted by Gasteiger charge is -2.43. The first-order valence-corrected chi connectivity index (χ1v) is 10.1. The van der Waals surface area contributed by atoms with E-state index in [-0.39, 0.29) is 6.04 Å². The summed E-state index contributed by atoms with van der Waals surface area (Å²) in [4.78, 5) is 0. The van der Waals surface area contributed by atoms with Gasteiger partial charge >= 0.3 is 12.4 Å². The molecule has 0 fully saturated rings. The Morgan fingerprint density at radius 3 is 1.22 bits per heavy atom. The van der Waals surface area contributed by atoms with Crippen LogP contribution in [0.15, 0.2) is 24.6 Å². The zero-order valence-electron chi connectivity index (χ0n) is 20.6. The van der Waals surface area contributed by atoms with Gasteiger partial charge in [-0.1, -0.05) is 54.7 Å². The quantitative estimate of drug-likeness (QED) is 0.318. The van der Waals surface area contributed by atoms with Crippen molar-refractivity contribution in [2.75, 3.05) is 0 Å². The third-order valence-corrected chi connectivity index (χ3v) is 4.67. The SMILES string of the molecule is C=C(NC(C)C)C(O)(C(C)(C)C)C(F)(F)F.C=C(OC(C)C)C(O)(C(C)(C)C)C(F)(F)F. The maximum atomic E-state index is 13.0. The Bertz CT molecular complexity index is 554. The maximum absolute atomic E-state index is 13.0. The first-order valence-electron chi connectivity index (χ1n) is 10.1. The van der Waals surface area contributed by atoms with Gasteiger partial charge < -0.3 is 20.3 Å². The van der Waals surface area contributed by atoms with E-state index in [9.17, 15) is 36.6 Å². The average Bonchev–Trinajstić information content (AvgIpc) is 2.47. The lowest BCUT2D eigenvalue weighted by molar-refractivity contribution is -0.290. The van der Waals surface area contributed by atoms with Gasteiger partial charge in [0.25, 0.3) is 0 Å². The molecule has 0 radical (unpaired) electrons. The van der Waals surface area contributed by atoms with Crippen LogP contribution in [0.5, 0.6) is 0 Å². The summed E-state index contributed by atoms with van der Waals surface area (Å²) in [7, 11) is 0. The molecular formula is C22H39F6NO3. The van der Waals surface area contributed by atoms with Gasteiger partial charge in [0.2, 0.25) is 11.2 Å². The fraction of sp³-hybridized carbons (Fsp3) is 0.818. The molecule has 3 N–H and O–H groups in total. The van der Waals surface area contributed by atoms with Crippen molar-refractivity contribution in [2.24, 2.45) is 10.8 Å². The highest BCUT2D eigenvalue weighted by atomic mass is 19.4. The van der Waals surface area contributed by atoms with Gasteiger partial charge in [0, 0.05) is 22.6 Å². The molecular weight excluding hydrogens is 440 g/mol. The number of hydrogen-bond acceptors (Lipinski definition) is 4. The van der Waals surface area contributed by atoms with Crippen molar-refractivity contribution in [3.63, 3.8) is 0 Å². The summed E-state index contributed by atoms with van der Waals surface area (Å²) < 4.78 is 82.5. The molecule has 0 aromatic carbocycles. The Kier molecular flexibility index (Phi) is 10.5. The van der Waals surface area contributed by atoms with Crippen LogP contribution in [0.2, 0.25) is 0 Å². The third-order valence-electron chi connectivity index (χ3n) is 4.67. The van der Waals surface area contributed by atoms with Crippen molar-refractivity contribution in [3.05, 3.63) is 24.6 Å². The molecule has 0 aliphatic heterocycles. The van der Waals surface area contributed by atoms with Gasteiger partial charge in [-0.25, -0.2) is 0 Å². The first-order chi connectivity index (χ1) is 13.7. The monoisotopic (exact) mass is 479 g/mol. The molecule has 0 saturated carbocycles. The van der Waals surface area contributed by atoms with Crippen LogP contribution in [0, 0.1) is 10.8 Å². The van der Waals surface area contributed by atoms with E-state index in [1.54, 1.807) is 27.7 Å². The highest BCUT2D eigenvalue weighted by molar-refractivity contribution is 5.20. The fourth-order valence-electron chi connectivity index (χ4n) is 2.87. The van der Waals surface area contributed by atoms with Crippen molar-refractivity contribution in [1.29, 1.82) is 0 Å². The zero-order chi connectivity index (χ0) is 26.7. The molecule has 2 atom stereocenters. The number of aliphatic hydroxyl groups is 2. The number of alkyl halides is 6. The van der Waals surface area contributed by atoms with Gasteiger partial charge in [-0.05, 0) is 27.7 Å². The van der Waals surface area contributed by atoms with Crippen molar-refractivity contribution in [3.8, 4) is 0 Å². The molecule has 192 valence electrons. The summed E-state index contributed by atoms with van der Waals surface area (Å²) >= 11 is 0. The van der Waals surface area contributed by atoms with Crippen molar-refractivity contribution < 1.29 is 41.3 Å². The Hall–Kier alpha value is -1.42. The molecule has 0 aliphatic rings. The van der Waals surface area contributed by atoms with Crippen LogP contribution in [0.4, 0.5) is 26.3 Å². The Morgan fingerprint density at radius 1 is 0.719 bits per heavy atom. The average molecular weight is 480 g/mol. The standard InChI is InChI=1S/C11H20F3NO.C11H19F3O2/c1-7(2)15-8(3)10(16,9(4,5)6)11(12,13)14;1-7(2)16-8(3)10(15,9(4,5)6)11(12,13)14/h7,15-16H,3H2,1-2,4-6H3;7,15H,3H2,1-2,4-6H3. The molecule has 0 aromatic rings. The van der Waals surface area contributed by atoms with Crippen LogP contribution in [-0.2, 0) is 4.74 Å². The Labute approximate surface area is 187 Å². The highest BCUT2D eigenvalue weighted by Crippen LogP contribution is 2.48. The molecule has 32 heavy (non-hydrogen) atoms. The second-order valence-electron chi connectivity index (χ2n) is 10.3. The predicted octanol–water partition coefficient (Wildman–Crippen LogP) is 6.10. The molecule has 0 amide bonds. The van der Waals surface area contributed by atoms with E-state index in [1.165, 1.54) is 41.5 Å². The zero-order valence-corrected chi connectivity index (χ0v) is 20.6. The molecule has 2 unspecified atom stereocenters. The largest absolute Gasteiger partial charge is 0.493 e. The van der Waals surface area contributed by atoms with Crippen molar-refractivity contribution >= 4 is 0 Å². The van der Waals surface area contributed by atoms with Crippen LogP contribution in [0.3, 0.4) is 0 Å². The van der Waals surface area contributed by atoms with Gasteiger partial charge in [-0.3, -0.25) is 0 Å². The number of halogens is 6. The smallest absolute Gasteiger partial charge is 0.425 e. The third kappa shape index (κ3) is 7.30. The second kappa shape index (κ2) is 10.2. The van der Waals surface area contributed by atoms with Gasteiger partial charge in [0.05, 0.1) is 6.10 Å². The molecule has 0 heterocycles. The topological polar surface area (TPSA) is 61.7 Å². The minimum Gasteiger partial charge on any atom is -0.493 e. The van der Waals surface area contributed by atoms with Gasteiger partial charge in [0.15, 0.2) is 0 Å². The summed E-state index contributed by atoms with van der Waals surface area (Å²) in [6, 6.07) is -0.219. The van der Waals surface area contributed by atoms with Crippen LogP contribution in [-0.4, -0.2) is 45.9 Å². The van der Waals surface area contributed by atoms with Crippen molar-refractivity contribution in [1.82, 2.24) is 5.32 Å². The van der Waals surface area contributed by atoms with Crippen LogP contribution < -0.4 is 5.32 Å². The van der Waals surface area contributed by atoms with Crippen LogP contribution in [0.1, 0.15) is 69.2 Å². The summed E-state index contributed by atoms with van der Waals surface area (Å²) in [6.45, 7) is 20.9. The second-order valence-corrected chi connectivity index (χ2v) is 10.3. The molecule has 10 heteroatoms. The summed E-state index contributed by atoms with van der Waals surface area (Å²) in [5, 5.41) is 22.3. The van der Waals surface area contributed by atoms with Gasteiger partial charge in [0.1, 0.15) is 5.76 Å². The summed E-state index contributed by atoms with van der Waals surface area (Å²) in [5.74, 6) is -0.664. The number of rotatable bonds is 6. The van der Waals surface area contributed by atoms with E-state index in [0.29, 0.717) is 0 Å². The normalized spacial score (nSPS) is 17.1. The van der Waals surface area contributed by atoms with Crippen molar-refractivity contribution in [2.45, 2.75) is 105 Å². The van der Waals surface area contributed by atoms with Gasteiger partial charge in [-0.15, -0.1) is 0 Å². The van der Waals surface area contributed by atoms with E-state index in [2.05, 4.69) is 18.5 Å². The molecule has 0 saturated heterocycles. The Balaban J connectivity index is 0. The summed E-state index contributed by atoms with van der Waals surface area (Å²) in [6.07, 6.45) is -10.1. The molecule has 4 nitrogen and oxygen atoms in total. The van der Waals surface area contributed by atoms with E-state index in [0.717, 1.165) is 0 Å². The van der Waals surface area contributed by atoms with Crippen LogP contribution >= 0.6 is 0 Å². The molecule has 0 aromatic heterocycles. The highest BCUT2D eigenvalue weighted by Gasteiger charge is 2.64. The lowest BCUT2D eigenvalue weighted by Crippen LogP contribution is -2.59. The lowest BCUT2D eigenvalue weighted by atomic mass is 9.74. The molecule has 0 spiro atoms. The van der Waals surface area contributed by atoms with E-state index < -0.39 is 51.9 Å².